The lowest BCUT2D eigenvalue weighted by Gasteiger charge is -2.11. The van der Waals surface area contributed by atoms with Gasteiger partial charge in [0.1, 0.15) is 10.7 Å². The number of rotatable bonds is 3. The van der Waals surface area contributed by atoms with E-state index in [0.29, 0.717) is 10.2 Å². The van der Waals surface area contributed by atoms with Gasteiger partial charge < -0.3 is 0 Å². The first-order valence-electron chi connectivity index (χ1n) is 5.53. The van der Waals surface area contributed by atoms with Crippen molar-refractivity contribution in [3.63, 3.8) is 0 Å². The van der Waals surface area contributed by atoms with Gasteiger partial charge in [-0.15, -0.1) is 0 Å². The summed E-state index contributed by atoms with van der Waals surface area (Å²) in [5.41, 5.74) is 1.21. The molecule has 2 aromatic carbocycles. The zero-order valence-electron chi connectivity index (χ0n) is 10.3. The molecule has 0 aromatic heterocycles. The van der Waals surface area contributed by atoms with E-state index in [0.717, 1.165) is 15.2 Å². The van der Waals surface area contributed by atoms with Gasteiger partial charge in [-0.1, -0.05) is 15.9 Å². The smallest absolute Gasteiger partial charge is 0.264 e. The maximum absolute atomic E-state index is 13.8. The third kappa shape index (κ3) is 3.50. The molecule has 0 aliphatic carbocycles. The van der Waals surface area contributed by atoms with Gasteiger partial charge in [-0.2, -0.15) is 0 Å². The average molecular weight is 470 g/mol. The first kappa shape index (κ1) is 15.7. The van der Waals surface area contributed by atoms with Gasteiger partial charge in [0, 0.05) is 8.04 Å². The molecule has 3 nitrogen and oxygen atoms in total. The zero-order valence-corrected chi connectivity index (χ0v) is 14.9. The Kier molecular flexibility index (Phi) is 4.70. The van der Waals surface area contributed by atoms with Crippen molar-refractivity contribution in [2.24, 2.45) is 0 Å². The molecule has 0 heterocycles. The molecule has 2 rings (SSSR count). The Labute approximate surface area is 138 Å². The van der Waals surface area contributed by atoms with Crippen LogP contribution in [-0.2, 0) is 10.0 Å². The molecule has 2 aromatic rings. The summed E-state index contributed by atoms with van der Waals surface area (Å²) in [4.78, 5) is -0.376. The molecule has 20 heavy (non-hydrogen) atoms. The average Bonchev–Trinajstić information content (AvgIpc) is 2.32. The molecule has 1 N–H and O–H groups in total. The number of halogens is 3. The van der Waals surface area contributed by atoms with E-state index < -0.39 is 15.8 Å². The molecule has 0 aliphatic heterocycles. The fourth-order valence-electron chi connectivity index (χ4n) is 1.63. The number of hydrogen-bond acceptors (Lipinski definition) is 2. The van der Waals surface area contributed by atoms with Crippen molar-refractivity contribution in [3.8, 4) is 0 Å². The summed E-state index contributed by atoms with van der Waals surface area (Å²) in [5.74, 6) is -0.796. The monoisotopic (exact) mass is 469 g/mol. The summed E-state index contributed by atoms with van der Waals surface area (Å²) in [6, 6.07) is 9.11. The summed E-state index contributed by atoms with van der Waals surface area (Å²) in [6.07, 6.45) is 0. The van der Waals surface area contributed by atoms with Gasteiger partial charge in [0.2, 0.25) is 0 Å². The Hall–Kier alpha value is -0.670. The molecule has 0 saturated carbocycles. The number of anilines is 1. The Morgan fingerprint density at radius 3 is 2.50 bits per heavy atom. The Morgan fingerprint density at radius 1 is 1.20 bits per heavy atom. The van der Waals surface area contributed by atoms with Crippen LogP contribution in [0.25, 0.3) is 0 Å². The van der Waals surface area contributed by atoms with Crippen molar-refractivity contribution >= 4 is 54.2 Å². The van der Waals surface area contributed by atoms with Crippen LogP contribution in [0.1, 0.15) is 5.56 Å². The van der Waals surface area contributed by atoms with Crippen LogP contribution in [0.5, 0.6) is 0 Å². The maximum atomic E-state index is 13.8. The highest BCUT2D eigenvalue weighted by Gasteiger charge is 2.20. The second-order valence-electron chi connectivity index (χ2n) is 4.14. The lowest BCUT2D eigenvalue weighted by atomic mass is 10.2. The van der Waals surface area contributed by atoms with Crippen molar-refractivity contribution in [3.05, 3.63) is 55.8 Å². The van der Waals surface area contributed by atoms with Crippen LogP contribution in [0.2, 0.25) is 0 Å². The van der Waals surface area contributed by atoms with E-state index in [1.165, 1.54) is 12.1 Å². The molecule has 0 bridgehead atoms. The van der Waals surface area contributed by atoms with E-state index in [2.05, 4.69) is 43.2 Å². The highest BCUT2D eigenvalue weighted by atomic mass is 127. The maximum Gasteiger partial charge on any atom is 0.264 e. The van der Waals surface area contributed by atoms with Crippen molar-refractivity contribution < 1.29 is 12.8 Å². The van der Waals surface area contributed by atoms with E-state index in [4.69, 9.17) is 0 Å². The quantitative estimate of drug-likeness (QED) is 0.681. The molecular formula is C13H10BrFINO2S. The lowest BCUT2D eigenvalue weighted by molar-refractivity contribution is 0.570. The van der Waals surface area contributed by atoms with Gasteiger partial charge in [0.25, 0.3) is 10.0 Å². The second kappa shape index (κ2) is 5.98. The van der Waals surface area contributed by atoms with Gasteiger partial charge in [-0.05, 0) is 71.5 Å². The lowest BCUT2D eigenvalue weighted by Crippen LogP contribution is -2.15. The molecule has 0 radical (unpaired) electrons. The molecule has 0 aliphatic rings. The van der Waals surface area contributed by atoms with Crippen LogP contribution in [0.4, 0.5) is 10.1 Å². The highest BCUT2D eigenvalue weighted by Crippen LogP contribution is 2.24. The van der Waals surface area contributed by atoms with Gasteiger partial charge in [0.15, 0.2) is 0 Å². The van der Waals surface area contributed by atoms with Gasteiger partial charge in [-0.25, -0.2) is 12.8 Å². The third-order valence-corrected chi connectivity index (χ3v) is 5.18. The fraction of sp³-hybridized carbons (Fsp3) is 0.0769. The number of nitrogens with one attached hydrogen (secondary N) is 1. The van der Waals surface area contributed by atoms with Gasteiger partial charge in [0.05, 0.1) is 5.69 Å². The van der Waals surface area contributed by atoms with Crippen molar-refractivity contribution in [2.45, 2.75) is 11.8 Å². The predicted octanol–water partition coefficient (Wildman–Crippen LogP) is 4.30. The van der Waals surface area contributed by atoms with E-state index in [1.807, 2.05) is 6.07 Å². The minimum Gasteiger partial charge on any atom is -0.279 e. The van der Waals surface area contributed by atoms with Gasteiger partial charge in [-0.3, -0.25) is 4.72 Å². The minimum absolute atomic E-state index is 0.376. The first-order valence-corrected chi connectivity index (χ1v) is 8.89. The molecular weight excluding hydrogens is 460 g/mol. The molecule has 0 saturated heterocycles. The van der Waals surface area contributed by atoms with Crippen molar-refractivity contribution in [1.82, 2.24) is 0 Å². The Bertz CT molecular complexity index is 765. The summed E-state index contributed by atoms with van der Waals surface area (Å²) >= 11 is 5.23. The van der Waals surface area contributed by atoms with Crippen LogP contribution in [0.15, 0.2) is 45.8 Å². The molecule has 0 unspecified atom stereocenters. The van der Waals surface area contributed by atoms with Crippen molar-refractivity contribution in [1.29, 1.82) is 0 Å². The first-order chi connectivity index (χ1) is 9.29. The van der Waals surface area contributed by atoms with Crippen LogP contribution in [0, 0.1) is 16.3 Å². The summed E-state index contributed by atoms with van der Waals surface area (Å²) < 4.78 is 42.1. The number of benzene rings is 2. The normalized spacial score (nSPS) is 11.4. The minimum atomic E-state index is -3.94. The van der Waals surface area contributed by atoms with E-state index in [-0.39, 0.29) is 4.90 Å². The highest BCUT2D eigenvalue weighted by molar-refractivity contribution is 14.1. The van der Waals surface area contributed by atoms with Crippen LogP contribution in [0.3, 0.4) is 0 Å². The van der Waals surface area contributed by atoms with Crippen LogP contribution < -0.4 is 4.72 Å². The third-order valence-electron chi connectivity index (χ3n) is 2.62. The number of hydrogen-bond donors (Lipinski definition) is 1. The van der Waals surface area contributed by atoms with Crippen LogP contribution >= 0.6 is 38.5 Å². The molecule has 0 atom stereocenters. The Morgan fingerprint density at radius 2 is 1.90 bits per heavy atom. The van der Waals surface area contributed by atoms with Crippen LogP contribution in [-0.4, -0.2) is 8.42 Å². The van der Waals surface area contributed by atoms with E-state index in [9.17, 15) is 12.8 Å². The largest absolute Gasteiger partial charge is 0.279 e. The zero-order chi connectivity index (χ0) is 14.9. The summed E-state index contributed by atoms with van der Waals surface area (Å²) in [5, 5.41) is 0. The molecule has 0 spiro atoms. The summed E-state index contributed by atoms with van der Waals surface area (Å²) in [6.45, 7) is 1.79. The molecule has 7 heteroatoms. The second-order valence-corrected chi connectivity index (χ2v) is 7.95. The van der Waals surface area contributed by atoms with E-state index in [1.54, 1.807) is 19.1 Å². The van der Waals surface area contributed by atoms with Crippen molar-refractivity contribution in [2.75, 3.05) is 4.72 Å². The predicted molar refractivity (Wildman–Crippen MR) is 88.8 cm³/mol. The SMILES string of the molecule is Cc1cc(I)ccc1NS(=O)(=O)c1ccc(Br)cc1F. The standard InChI is InChI=1S/C13H10BrFINO2S/c1-8-6-10(16)3-4-12(8)17-20(18,19)13-5-2-9(14)7-11(13)15/h2-7,17H,1H3. The molecule has 0 fully saturated rings. The van der Waals surface area contributed by atoms with E-state index >= 15 is 0 Å². The number of aryl methyl sites for hydroxylation is 1. The Balaban J connectivity index is 2.41. The molecule has 106 valence electrons. The topological polar surface area (TPSA) is 46.2 Å². The van der Waals surface area contributed by atoms with Gasteiger partial charge >= 0.3 is 0 Å². The summed E-state index contributed by atoms with van der Waals surface area (Å²) in [7, 11) is -3.94. The fourth-order valence-corrected chi connectivity index (χ4v) is 3.81. The number of sulfonamides is 1. The molecule has 0 amide bonds.